The lowest BCUT2D eigenvalue weighted by atomic mass is 10.2. The number of aliphatic hydroxyl groups is 2. The van der Waals surface area contributed by atoms with Gasteiger partial charge in [-0.15, -0.1) is 0 Å². The second-order valence-corrected chi connectivity index (χ2v) is 7.04. The van der Waals surface area contributed by atoms with E-state index in [-0.39, 0.29) is 17.9 Å². The lowest BCUT2D eigenvalue weighted by molar-refractivity contribution is -0.139. The van der Waals surface area contributed by atoms with Gasteiger partial charge in [0.05, 0.1) is 14.0 Å². The number of carboxylic acids is 1. The largest absolute Gasteiger partial charge is 0.487 e. The van der Waals surface area contributed by atoms with Crippen molar-refractivity contribution in [2.24, 2.45) is 0 Å². The quantitative estimate of drug-likeness (QED) is 0.491. The molecule has 1 heterocycles. The van der Waals surface area contributed by atoms with Crippen LogP contribution >= 0.6 is 23.5 Å². The minimum Gasteiger partial charge on any atom is -0.487 e. The van der Waals surface area contributed by atoms with Gasteiger partial charge < -0.3 is 24.8 Å². The molecule has 0 aromatic heterocycles. The fraction of sp³-hybridized carbons (Fsp3) is 0.267. The molecule has 8 nitrogen and oxygen atoms in total. The first-order valence-electron chi connectivity index (χ1n) is 6.78. The third-order valence-electron chi connectivity index (χ3n) is 2.89. The lowest BCUT2D eigenvalue weighted by Gasteiger charge is -2.16. The number of carboxylic acid groups (broad SMARTS) is 1. The fourth-order valence-corrected chi connectivity index (χ4v) is 4.50. The van der Waals surface area contributed by atoms with Gasteiger partial charge in [-0.25, -0.2) is 4.79 Å². The Morgan fingerprint density at radius 1 is 1.24 bits per heavy atom. The maximum atomic E-state index is 10.8. The second kappa shape index (κ2) is 8.14. The van der Waals surface area contributed by atoms with E-state index in [4.69, 9.17) is 35.3 Å². The summed E-state index contributed by atoms with van der Waals surface area (Å²) < 4.78 is 11.1. The summed E-state index contributed by atoms with van der Waals surface area (Å²) in [5, 5.41) is 44.9. The van der Waals surface area contributed by atoms with Gasteiger partial charge in [0.15, 0.2) is 12.9 Å². The zero-order valence-electron chi connectivity index (χ0n) is 12.8. The number of allylic oxidation sites excluding steroid dienone is 1. The molecule has 0 saturated heterocycles. The maximum absolute atomic E-state index is 10.8. The summed E-state index contributed by atoms with van der Waals surface area (Å²) in [7, 11) is 0. The summed E-state index contributed by atoms with van der Waals surface area (Å²) >= 11 is 2.22. The number of hydrogen-bond acceptors (Lipinski definition) is 9. The van der Waals surface area contributed by atoms with Crippen molar-refractivity contribution in [2.75, 3.05) is 13.2 Å². The average Bonchev–Trinajstić information content (AvgIpc) is 2.97. The first-order chi connectivity index (χ1) is 11.9. The predicted molar refractivity (Wildman–Crippen MR) is 88.0 cm³/mol. The highest BCUT2D eigenvalue weighted by Gasteiger charge is 2.30. The number of benzene rings is 1. The summed E-state index contributed by atoms with van der Waals surface area (Å²) in [6.07, 6.45) is -1.67. The van der Waals surface area contributed by atoms with Crippen molar-refractivity contribution in [3.05, 3.63) is 21.4 Å². The Morgan fingerprint density at radius 2 is 1.88 bits per heavy atom. The number of fused-ring (bicyclic) bond motifs is 1. The third kappa shape index (κ3) is 4.38. The molecule has 0 spiro atoms. The van der Waals surface area contributed by atoms with E-state index in [1.165, 1.54) is 0 Å². The standard InChI is InChI=1S/C15H12N2O6S2/c1-7-2-9(22-5-10(18)19)13-14(12(7)23-6-11(20)21)25-15(24-13)8(3-16)4-17/h2,11,20-21H,5-6H2,1H3,(H,18,19). The van der Waals surface area contributed by atoms with Crippen LogP contribution in [-0.4, -0.2) is 40.8 Å². The van der Waals surface area contributed by atoms with Crippen LogP contribution in [0, 0.1) is 29.6 Å². The molecule has 0 bridgehead atoms. The van der Waals surface area contributed by atoms with Crippen molar-refractivity contribution in [1.82, 2.24) is 0 Å². The van der Waals surface area contributed by atoms with E-state index >= 15 is 0 Å². The maximum Gasteiger partial charge on any atom is 0.341 e. The number of ether oxygens (including phenoxy) is 2. The number of rotatable bonds is 6. The van der Waals surface area contributed by atoms with Crippen molar-refractivity contribution in [2.45, 2.75) is 23.0 Å². The van der Waals surface area contributed by atoms with Gasteiger partial charge in [-0.05, 0) is 18.6 Å². The van der Waals surface area contributed by atoms with Crippen LogP contribution < -0.4 is 9.47 Å². The smallest absolute Gasteiger partial charge is 0.341 e. The predicted octanol–water partition coefficient (Wildman–Crippen LogP) is 1.60. The molecule has 2 rings (SSSR count). The summed E-state index contributed by atoms with van der Waals surface area (Å²) in [5.74, 6) is -0.501. The molecule has 0 aliphatic carbocycles. The van der Waals surface area contributed by atoms with Gasteiger partial charge in [0.2, 0.25) is 0 Å². The molecule has 1 aromatic rings. The van der Waals surface area contributed by atoms with Crippen LogP contribution in [0.25, 0.3) is 0 Å². The second-order valence-electron chi connectivity index (χ2n) is 4.74. The van der Waals surface area contributed by atoms with Crippen LogP contribution in [0.15, 0.2) is 25.7 Å². The minimum atomic E-state index is -1.67. The Hall–Kier alpha value is -2.37. The average molecular weight is 380 g/mol. The summed E-state index contributed by atoms with van der Waals surface area (Å²) in [6, 6.07) is 5.17. The molecule has 0 saturated carbocycles. The van der Waals surface area contributed by atoms with Crippen molar-refractivity contribution in [3.63, 3.8) is 0 Å². The molecule has 0 radical (unpaired) electrons. The number of hydrogen-bond donors (Lipinski definition) is 3. The molecule has 25 heavy (non-hydrogen) atoms. The first kappa shape index (κ1) is 19.0. The molecule has 0 atom stereocenters. The van der Waals surface area contributed by atoms with E-state index in [0.29, 0.717) is 25.3 Å². The molecule has 0 fully saturated rings. The molecule has 0 amide bonds. The molecule has 130 valence electrons. The molecular weight excluding hydrogens is 368 g/mol. The van der Waals surface area contributed by atoms with E-state index in [2.05, 4.69) is 0 Å². The van der Waals surface area contributed by atoms with Gasteiger partial charge in [-0.1, -0.05) is 23.5 Å². The number of nitriles is 2. The summed E-state index contributed by atoms with van der Waals surface area (Å²) in [5.41, 5.74) is 0.505. The number of carbonyl (C=O) groups is 1. The highest BCUT2D eigenvalue weighted by molar-refractivity contribution is 8.24. The van der Waals surface area contributed by atoms with Gasteiger partial charge in [-0.2, -0.15) is 10.5 Å². The Morgan fingerprint density at radius 3 is 2.44 bits per heavy atom. The summed E-state index contributed by atoms with van der Waals surface area (Å²) in [6.45, 7) is 0.779. The van der Waals surface area contributed by atoms with Gasteiger partial charge in [0.1, 0.15) is 35.8 Å². The monoisotopic (exact) mass is 380 g/mol. The molecule has 0 unspecified atom stereocenters. The Labute approximate surface area is 151 Å². The van der Waals surface area contributed by atoms with Gasteiger partial charge in [0.25, 0.3) is 0 Å². The normalized spacial score (nSPS) is 12.3. The van der Waals surface area contributed by atoms with E-state index < -0.39 is 18.9 Å². The number of aliphatic carboxylic acids is 1. The van der Waals surface area contributed by atoms with Crippen LogP contribution in [0.5, 0.6) is 11.5 Å². The van der Waals surface area contributed by atoms with Gasteiger partial charge >= 0.3 is 5.97 Å². The van der Waals surface area contributed by atoms with E-state index in [0.717, 1.165) is 23.5 Å². The Balaban J connectivity index is 2.50. The Kier molecular flexibility index (Phi) is 6.17. The number of nitrogens with zero attached hydrogens (tertiary/aromatic N) is 2. The van der Waals surface area contributed by atoms with Crippen LogP contribution in [0.1, 0.15) is 5.56 Å². The number of thioether (sulfide) groups is 2. The molecule has 1 aromatic carbocycles. The van der Waals surface area contributed by atoms with Crippen molar-refractivity contribution < 1.29 is 29.6 Å². The van der Waals surface area contributed by atoms with E-state index in [1.54, 1.807) is 25.1 Å². The Bertz CT molecular complexity index is 807. The van der Waals surface area contributed by atoms with E-state index in [9.17, 15) is 4.79 Å². The molecule has 1 aliphatic rings. The van der Waals surface area contributed by atoms with Crippen LogP contribution in [0.3, 0.4) is 0 Å². The third-order valence-corrected chi connectivity index (χ3v) is 5.50. The zero-order chi connectivity index (χ0) is 18.6. The number of aryl methyl sites for hydroxylation is 1. The SMILES string of the molecule is Cc1cc(OCC(=O)O)c2c(c1OCC(O)O)SC(=C(C#N)C#N)S2. The minimum absolute atomic E-state index is 0.0822. The van der Waals surface area contributed by atoms with Crippen molar-refractivity contribution in [3.8, 4) is 23.6 Å². The topological polar surface area (TPSA) is 144 Å². The number of aliphatic hydroxyl groups excluding tert-OH is 1. The van der Waals surface area contributed by atoms with E-state index in [1.807, 2.05) is 0 Å². The summed E-state index contributed by atoms with van der Waals surface area (Å²) in [4.78, 5) is 11.8. The molecule has 10 heteroatoms. The molecular formula is C15H12N2O6S2. The van der Waals surface area contributed by atoms with Gasteiger partial charge in [0, 0.05) is 0 Å². The van der Waals surface area contributed by atoms with Crippen LogP contribution in [0.2, 0.25) is 0 Å². The zero-order valence-corrected chi connectivity index (χ0v) is 14.5. The first-order valence-corrected chi connectivity index (χ1v) is 8.42. The molecule has 3 N–H and O–H groups in total. The highest BCUT2D eigenvalue weighted by Crippen LogP contribution is 2.59. The van der Waals surface area contributed by atoms with Crippen LogP contribution in [0.4, 0.5) is 0 Å². The highest BCUT2D eigenvalue weighted by atomic mass is 32.2. The lowest BCUT2D eigenvalue weighted by Crippen LogP contribution is -2.17. The molecule has 1 aliphatic heterocycles. The van der Waals surface area contributed by atoms with Gasteiger partial charge in [-0.3, -0.25) is 0 Å². The van der Waals surface area contributed by atoms with Crippen LogP contribution in [-0.2, 0) is 4.79 Å². The van der Waals surface area contributed by atoms with Crippen molar-refractivity contribution in [1.29, 1.82) is 10.5 Å². The fourth-order valence-electron chi connectivity index (χ4n) is 1.92. The van der Waals surface area contributed by atoms with Crippen molar-refractivity contribution >= 4 is 29.5 Å².